The van der Waals surface area contributed by atoms with Crippen molar-refractivity contribution in [3.63, 3.8) is 0 Å². The molecule has 5 atom stereocenters. The maximum absolute atomic E-state index is 14.6. The molecule has 0 radical (unpaired) electrons. The van der Waals surface area contributed by atoms with Crippen molar-refractivity contribution in [1.29, 1.82) is 0 Å². The lowest BCUT2D eigenvalue weighted by Crippen LogP contribution is -2.55. The minimum Gasteiger partial charge on any atom is -0.372 e. The van der Waals surface area contributed by atoms with E-state index >= 15 is 0 Å². The summed E-state index contributed by atoms with van der Waals surface area (Å²) in [6.07, 6.45) is 4.50. The SMILES string of the molecule is CS(=O)(=O)/C(F)=C/[C@@H](C[C@H]1CCNC1=O)NC(=O)[C@@H]1[C@H]2CCC[C@H]2CN1C(=O)C1(O)c2ccccc2-c2ccccc21. The third-order valence-corrected chi connectivity index (χ3v) is 10.2. The molecule has 2 aliphatic carbocycles. The highest BCUT2D eigenvalue weighted by atomic mass is 32.2. The Kier molecular flexibility index (Phi) is 7.21. The molecule has 0 aromatic heterocycles. The van der Waals surface area contributed by atoms with E-state index in [9.17, 15) is 32.3 Å². The van der Waals surface area contributed by atoms with Crippen LogP contribution in [0.1, 0.15) is 43.2 Å². The first kappa shape index (κ1) is 28.5. The van der Waals surface area contributed by atoms with E-state index < -0.39 is 50.4 Å². The van der Waals surface area contributed by atoms with Crippen molar-refractivity contribution in [2.45, 2.75) is 49.8 Å². The number of hydrogen-bond acceptors (Lipinski definition) is 6. The van der Waals surface area contributed by atoms with E-state index in [4.69, 9.17) is 0 Å². The van der Waals surface area contributed by atoms with Gasteiger partial charge in [0.2, 0.25) is 26.8 Å². The number of carbonyl (C=O) groups excluding carboxylic acids is 3. The Balaban J connectivity index is 1.34. The largest absolute Gasteiger partial charge is 0.372 e. The summed E-state index contributed by atoms with van der Waals surface area (Å²) in [5.41, 5.74) is 0.418. The lowest BCUT2D eigenvalue weighted by atomic mass is 9.88. The highest BCUT2D eigenvalue weighted by Gasteiger charge is 2.56. The lowest BCUT2D eigenvalue weighted by Gasteiger charge is -2.34. The molecular formula is C31H34FN3O6S. The lowest BCUT2D eigenvalue weighted by molar-refractivity contribution is -0.152. The number of rotatable bonds is 7. The molecule has 2 heterocycles. The highest BCUT2D eigenvalue weighted by Crippen LogP contribution is 2.50. The average molecular weight is 596 g/mol. The number of halogens is 1. The quantitative estimate of drug-likeness (QED) is 0.451. The molecule has 3 N–H and O–H groups in total. The van der Waals surface area contributed by atoms with E-state index in [0.717, 1.165) is 36.3 Å². The van der Waals surface area contributed by atoms with Crippen LogP contribution in [0.4, 0.5) is 4.39 Å². The molecule has 2 aliphatic heterocycles. The third kappa shape index (κ3) is 4.72. The summed E-state index contributed by atoms with van der Waals surface area (Å²) >= 11 is 0. The molecule has 4 aliphatic rings. The Morgan fingerprint density at radius 3 is 2.36 bits per heavy atom. The Morgan fingerprint density at radius 1 is 1.12 bits per heavy atom. The van der Waals surface area contributed by atoms with Gasteiger partial charge in [-0.3, -0.25) is 14.4 Å². The van der Waals surface area contributed by atoms with E-state index in [-0.39, 0.29) is 30.7 Å². The molecule has 0 bridgehead atoms. The summed E-state index contributed by atoms with van der Waals surface area (Å²) in [6.45, 7) is 0.732. The van der Waals surface area contributed by atoms with Gasteiger partial charge in [-0.15, -0.1) is 0 Å². The number of fused-ring (bicyclic) bond motifs is 4. The smallest absolute Gasteiger partial charge is 0.264 e. The van der Waals surface area contributed by atoms with Crippen LogP contribution >= 0.6 is 0 Å². The van der Waals surface area contributed by atoms with Crippen molar-refractivity contribution in [2.75, 3.05) is 19.3 Å². The van der Waals surface area contributed by atoms with Crippen molar-refractivity contribution in [2.24, 2.45) is 17.8 Å². The van der Waals surface area contributed by atoms with Crippen LogP contribution in [0, 0.1) is 17.8 Å². The predicted octanol–water partition coefficient (Wildman–Crippen LogP) is 2.40. The van der Waals surface area contributed by atoms with Crippen LogP contribution in [-0.2, 0) is 29.8 Å². The second kappa shape index (κ2) is 10.6. The molecule has 42 heavy (non-hydrogen) atoms. The monoisotopic (exact) mass is 595 g/mol. The summed E-state index contributed by atoms with van der Waals surface area (Å²) in [5, 5.41) is 16.3. The number of hydrogen-bond donors (Lipinski definition) is 3. The number of benzene rings is 2. The molecule has 3 amide bonds. The van der Waals surface area contributed by atoms with Crippen molar-refractivity contribution in [1.82, 2.24) is 15.5 Å². The van der Waals surface area contributed by atoms with E-state index in [2.05, 4.69) is 10.6 Å². The molecule has 0 spiro atoms. The summed E-state index contributed by atoms with van der Waals surface area (Å²) < 4.78 is 38.4. The fourth-order valence-corrected chi connectivity index (χ4v) is 7.81. The number of nitrogens with one attached hydrogen (secondary N) is 2. The maximum Gasteiger partial charge on any atom is 0.264 e. The van der Waals surface area contributed by atoms with Crippen LogP contribution in [0.3, 0.4) is 0 Å². The van der Waals surface area contributed by atoms with Gasteiger partial charge in [-0.05, 0) is 54.7 Å². The summed E-state index contributed by atoms with van der Waals surface area (Å²) in [4.78, 5) is 42.2. The zero-order chi connectivity index (χ0) is 29.8. The summed E-state index contributed by atoms with van der Waals surface area (Å²) in [5.74, 6) is -2.02. The zero-order valence-corrected chi connectivity index (χ0v) is 24.1. The maximum atomic E-state index is 14.6. The molecule has 1 saturated carbocycles. The van der Waals surface area contributed by atoms with Crippen LogP contribution in [0.2, 0.25) is 0 Å². The fraction of sp³-hybridized carbons (Fsp3) is 0.452. The first-order valence-electron chi connectivity index (χ1n) is 14.4. The zero-order valence-electron chi connectivity index (χ0n) is 23.3. The minimum atomic E-state index is -4.17. The summed E-state index contributed by atoms with van der Waals surface area (Å²) in [6, 6.07) is 12.3. The van der Waals surface area contributed by atoms with Crippen LogP contribution in [0.5, 0.6) is 0 Å². The van der Waals surface area contributed by atoms with Crippen molar-refractivity contribution >= 4 is 27.6 Å². The molecule has 2 saturated heterocycles. The van der Waals surface area contributed by atoms with Gasteiger partial charge in [0.05, 0.1) is 6.04 Å². The van der Waals surface area contributed by atoms with Gasteiger partial charge in [-0.25, -0.2) is 8.42 Å². The van der Waals surface area contributed by atoms with Gasteiger partial charge in [0, 0.05) is 36.4 Å². The second-order valence-electron chi connectivity index (χ2n) is 11.9. The minimum absolute atomic E-state index is 0.0139. The molecule has 3 fully saturated rings. The Labute approximate surface area is 244 Å². The van der Waals surface area contributed by atoms with Crippen LogP contribution in [0.15, 0.2) is 59.8 Å². The van der Waals surface area contributed by atoms with Gasteiger partial charge in [0.25, 0.3) is 5.91 Å². The first-order valence-corrected chi connectivity index (χ1v) is 16.3. The van der Waals surface area contributed by atoms with E-state index in [1.54, 1.807) is 24.3 Å². The fourth-order valence-electron chi connectivity index (χ4n) is 7.40. The average Bonchev–Trinajstić information content (AvgIpc) is 3.72. The van der Waals surface area contributed by atoms with Crippen molar-refractivity contribution < 1.29 is 32.3 Å². The van der Waals surface area contributed by atoms with Crippen molar-refractivity contribution in [3.8, 4) is 11.1 Å². The number of nitrogens with zero attached hydrogens (tertiary/aromatic N) is 1. The number of sulfone groups is 1. The number of amides is 3. The summed E-state index contributed by atoms with van der Waals surface area (Å²) in [7, 11) is -4.17. The van der Waals surface area contributed by atoms with Crippen LogP contribution < -0.4 is 10.6 Å². The normalized spacial score (nSPS) is 26.8. The molecule has 0 unspecified atom stereocenters. The number of aliphatic hydroxyl groups is 1. The number of carbonyl (C=O) groups is 3. The van der Waals surface area contributed by atoms with Gasteiger partial charge in [0.1, 0.15) is 6.04 Å². The third-order valence-electron chi connectivity index (χ3n) is 9.37. The van der Waals surface area contributed by atoms with E-state index in [0.29, 0.717) is 30.5 Å². The van der Waals surface area contributed by atoms with Crippen molar-refractivity contribution in [3.05, 3.63) is 70.9 Å². The van der Waals surface area contributed by atoms with Gasteiger partial charge < -0.3 is 20.6 Å². The standard InChI is InChI=1S/C31H34FN3O6S/c1-42(40,41)26(32)16-20(15-18-13-14-33-28(18)36)34-29(37)27-21-10-6-7-19(21)17-35(27)30(38)31(39)24-11-4-2-8-22(24)23-9-3-5-12-25(23)31/h2-5,8-9,11-12,16,18-21,27,39H,6-7,10,13-15,17H2,1H3,(H,33,36)(H,34,37)/b26-16+/t18-,19+,20-,21+,27+/m1/s1. The Morgan fingerprint density at radius 2 is 1.76 bits per heavy atom. The number of likely N-dealkylation sites (tertiary alicyclic amines) is 1. The van der Waals surface area contributed by atoms with E-state index in [1.807, 2.05) is 24.3 Å². The highest BCUT2D eigenvalue weighted by molar-refractivity contribution is 7.94. The van der Waals surface area contributed by atoms with E-state index in [1.165, 1.54) is 4.90 Å². The molecule has 222 valence electrons. The second-order valence-corrected chi connectivity index (χ2v) is 13.9. The molecule has 11 heteroatoms. The topological polar surface area (TPSA) is 133 Å². The van der Waals surface area contributed by atoms with Gasteiger partial charge >= 0.3 is 0 Å². The molecule has 9 nitrogen and oxygen atoms in total. The molecular weight excluding hydrogens is 561 g/mol. The van der Waals surface area contributed by atoms with Crippen LogP contribution in [0.25, 0.3) is 11.1 Å². The van der Waals surface area contributed by atoms with Gasteiger partial charge in [0.15, 0.2) is 5.60 Å². The van der Waals surface area contributed by atoms with Gasteiger partial charge in [-0.1, -0.05) is 55.0 Å². The first-order chi connectivity index (χ1) is 20.0. The Hall–Kier alpha value is -3.57. The Bertz CT molecular complexity index is 1540. The van der Waals surface area contributed by atoms with Gasteiger partial charge in [-0.2, -0.15) is 4.39 Å². The molecule has 6 rings (SSSR count). The van der Waals surface area contributed by atoms with Crippen LogP contribution in [-0.4, -0.2) is 67.6 Å². The molecule has 2 aromatic rings. The molecule has 2 aromatic carbocycles. The predicted molar refractivity (Wildman–Crippen MR) is 153 cm³/mol.